The molecule has 1 aromatic heterocycles. The molecule has 0 atom stereocenters. The molecule has 0 spiro atoms. The molecule has 23 heavy (non-hydrogen) atoms. The fourth-order valence-corrected chi connectivity index (χ4v) is 2.14. The van der Waals surface area contributed by atoms with Crippen LogP contribution in [0.2, 0.25) is 0 Å². The lowest BCUT2D eigenvalue weighted by atomic mass is 10.1. The molecule has 0 unspecified atom stereocenters. The van der Waals surface area contributed by atoms with E-state index >= 15 is 0 Å². The van der Waals surface area contributed by atoms with Crippen molar-refractivity contribution in [2.75, 3.05) is 12.4 Å². The molecule has 0 saturated heterocycles. The van der Waals surface area contributed by atoms with Crippen molar-refractivity contribution < 1.29 is 9.13 Å². The van der Waals surface area contributed by atoms with Gasteiger partial charge in [0.2, 0.25) is 0 Å². The summed E-state index contributed by atoms with van der Waals surface area (Å²) in [6.07, 6.45) is 0. The van der Waals surface area contributed by atoms with Crippen LogP contribution >= 0.6 is 0 Å². The van der Waals surface area contributed by atoms with Crippen LogP contribution in [-0.2, 0) is 6.54 Å². The lowest BCUT2D eigenvalue weighted by Gasteiger charge is -2.07. The quantitative estimate of drug-likeness (QED) is 0.776. The van der Waals surface area contributed by atoms with Gasteiger partial charge in [0.15, 0.2) is 0 Å². The summed E-state index contributed by atoms with van der Waals surface area (Å²) in [7, 11) is 1.64. The minimum atomic E-state index is -0.264. The fraction of sp³-hybridized carbons (Fsp3) is 0.111. The average Bonchev–Trinajstić information content (AvgIpc) is 2.61. The van der Waals surface area contributed by atoms with Crippen LogP contribution in [0.3, 0.4) is 0 Å². The lowest BCUT2D eigenvalue weighted by molar-refractivity contribution is 0.414. The van der Waals surface area contributed by atoms with Gasteiger partial charge in [0.25, 0.3) is 0 Å². The number of anilines is 1. The summed E-state index contributed by atoms with van der Waals surface area (Å²) in [5.41, 5.74) is 2.66. The summed E-state index contributed by atoms with van der Waals surface area (Å²) < 4.78 is 18.1. The van der Waals surface area contributed by atoms with Gasteiger partial charge in [-0.3, -0.25) is 0 Å². The summed E-state index contributed by atoms with van der Waals surface area (Å²) in [6, 6.07) is 17.7. The van der Waals surface area contributed by atoms with Gasteiger partial charge in [-0.2, -0.15) is 0 Å². The standard InChI is InChI=1S/C18H16FN3O/c1-23-16-8-2-13(3-9-16)12-20-18-11-10-17(21-22-18)14-4-6-15(19)7-5-14/h2-11H,12H2,1H3,(H,20,22). The molecule has 3 aromatic rings. The number of benzene rings is 2. The SMILES string of the molecule is COc1ccc(CNc2ccc(-c3ccc(F)cc3)nn2)cc1. The Morgan fingerprint density at radius 2 is 1.65 bits per heavy atom. The Hall–Kier alpha value is -2.95. The second-order valence-electron chi connectivity index (χ2n) is 5.01. The first kappa shape index (κ1) is 15.0. The van der Waals surface area contributed by atoms with Crippen LogP contribution in [0.1, 0.15) is 5.56 Å². The van der Waals surface area contributed by atoms with Gasteiger partial charge in [0.05, 0.1) is 12.8 Å². The van der Waals surface area contributed by atoms with E-state index in [0.717, 1.165) is 16.9 Å². The maximum absolute atomic E-state index is 12.9. The Morgan fingerprint density at radius 3 is 2.26 bits per heavy atom. The van der Waals surface area contributed by atoms with Gasteiger partial charge in [-0.15, -0.1) is 10.2 Å². The molecule has 0 fully saturated rings. The van der Waals surface area contributed by atoms with Gasteiger partial charge in [0, 0.05) is 12.1 Å². The first-order valence-electron chi connectivity index (χ1n) is 7.21. The lowest BCUT2D eigenvalue weighted by Crippen LogP contribution is -2.02. The third-order valence-electron chi connectivity index (χ3n) is 3.44. The first-order chi connectivity index (χ1) is 11.2. The molecule has 0 aliphatic carbocycles. The molecule has 0 saturated carbocycles. The molecule has 0 bridgehead atoms. The molecule has 2 aromatic carbocycles. The van der Waals surface area contributed by atoms with Crippen LogP contribution in [0.15, 0.2) is 60.7 Å². The van der Waals surface area contributed by atoms with E-state index in [-0.39, 0.29) is 5.82 Å². The zero-order chi connectivity index (χ0) is 16.1. The van der Waals surface area contributed by atoms with Crippen molar-refractivity contribution in [2.45, 2.75) is 6.54 Å². The first-order valence-corrected chi connectivity index (χ1v) is 7.21. The van der Waals surface area contributed by atoms with Gasteiger partial charge in [-0.25, -0.2) is 4.39 Å². The highest BCUT2D eigenvalue weighted by atomic mass is 19.1. The zero-order valence-electron chi connectivity index (χ0n) is 12.7. The van der Waals surface area contributed by atoms with Gasteiger partial charge >= 0.3 is 0 Å². The summed E-state index contributed by atoms with van der Waals surface area (Å²) in [5, 5.41) is 11.5. The predicted molar refractivity (Wildman–Crippen MR) is 87.7 cm³/mol. The van der Waals surface area contributed by atoms with Crippen molar-refractivity contribution in [1.29, 1.82) is 0 Å². The van der Waals surface area contributed by atoms with Crippen molar-refractivity contribution in [2.24, 2.45) is 0 Å². The van der Waals surface area contributed by atoms with Crippen LogP contribution < -0.4 is 10.1 Å². The van der Waals surface area contributed by atoms with Gasteiger partial charge < -0.3 is 10.1 Å². The topological polar surface area (TPSA) is 47.0 Å². The van der Waals surface area contributed by atoms with Crippen molar-refractivity contribution >= 4 is 5.82 Å². The van der Waals surface area contributed by atoms with E-state index < -0.39 is 0 Å². The number of halogens is 1. The highest BCUT2D eigenvalue weighted by Crippen LogP contribution is 2.18. The molecule has 116 valence electrons. The number of rotatable bonds is 5. The van der Waals surface area contributed by atoms with Crippen LogP contribution in [-0.4, -0.2) is 17.3 Å². The molecule has 0 radical (unpaired) electrons. The predicted octanol–water partition coefficient (Wildman–Crippen LogP) is 3.90. The van der Waals surface area contributed by atoms with Gasteiger partial charge in [-0.05, 0) is 54.1 Å². The van der Waals surface area contributed by atoms with Crippen LogP contribution in [0, 0.1) is 5.82 Å². The molecule has 3 rings (SSSR count). The van der Waals surface area contributed by atoms with Crippen molar-refractivity contribution in [1.82, 2.24) is 10.2 Å². The Bertz CT molecular complexity index is 756. The molecule has 4 nitrogen and oxygen atoms in total. The maximum Gasteiger partial charge on any atom is 0.148 e. The number of ether oxygens (including phenoxy) is 1. The molecule has 0 aliphatic rings. The van der Waals surface area contributed by atoms with E-state index in [0.29, 0.717) is 18.1 Å². The summed E-state index contributed by atoms with van der Waals surface area (Å²) in [6.45, 7) is 0.647. The highest BCUT2D eigenvalue weighted by Gasteiger charge is 2.02. The third kappa shape index (κ3) is 3.83. The molecule has 0 aliphatic heterocycles. The van der Waals surface area contributed by atoms with E-state index in [1.54, 1.807) is 19.2 Å². The Balaban J connectivity index is 1.64. The number of methoxy groups -OCH3 is 1. The molecule has 0 amide bonds. The second-order valence-corrected chi connectivity index (χ2v) is 5.01. The van der Waals surface area contributed by atoms with Crippen molar-refractivity contribution in [3.63, 3.8) is 0 Å². The minimum absolute atomic E-state index is 0.264. The molecule has 1 N–H and O–H groups in total. The second kappa shape index (κ2) is 6.87. The van der Waals surface area contributed by atoms with Gasteiger partial charge in [-0.1, -0.05) is 12.1 Å². The Labute approximate surface area is 134 Å². The minimum Gasteiger partial charge on any atom is -0.497 e. The number of nitrogens with zero attached hydrogens (tertiary/aromatic N) is 2. The van der Waals surface area contributed by atoms with Gasteiger partial charge in [0.1, 0.15) is 17.4 Å². The average molecular weight is 309 g/mol. The number of hydrogen-bond acceptors (Lipinski definition) is 4. The zero-order valence-corrected chi connectivity index (χ0v) is 12.7. The highest BCUT2D eigenvalue weighted by molar-refractivity contribution is 5.59. The number of nitrogens with one attached hydrogen (secondary N) is 1. The number of aromatic nitrogens is 2. The van der Waals surface area contributed by atoms with E-state index in [1.807, 2.05) is 36.4 Å². The molecule has 1 heterocycles. The van der Waals surface area contributed by atoms with E-state index in [4.69, 9.17) is 4.74 Å². The van der Waals surface area contributed by atoms with Crippen molar-refractivity contribution in [3.05, 3.63) is 72.0 Å². The fourth-order valence-electron chi connectivity index (χ4n) is 2.14. The monoisotopic (exact) mass is 309 g/mol. The molecular formula is C18H16FN3O. The van der Waals surface area contributed by atoms with E-state index in [9.17, 15) is 4.39 Å². The molecular weight excluding hydrogens is 293 g/mol. The van der Waals surface area contributed by atoms with Crippen molar-refractivity contribution in [3.8, 4) is 17.0 Å². The van der Waals surface area contributed by atoms with Crippen LogP contribution in [0.25, 0.3) is 11.3 Å². The smallest absolute Gasteiger partial charge is 0.148 e. The summed E-state index contributed by atoms with van der Waals surface area (Å²) >= 11 is 0. The van der Waals surface area contributed by atoms with Crippen LogP contribution in [0.4, 0.5) is 10.2 Å². The van der Waals surface area contributed by atoms with E-state index in [2.05, 4.69) is 15.5 Å². The molecule has 5 heteroatoms. The summed E-state index contributed by atoms with van der Waals surface area (Å²) in [5.74, 6) is 1.25. The normalized spacial score (nSPS) is 10.3. The van der Waals surface area contributed by atoms with E-state index in [1.165, 1.54) is 12.1 Å². The Morgan fingerprint density at radius 1 is 0.913 bits per heavy atom. The number of hydrogen-bond donors (Lipinski definition) is 1. The summed E-state index contributed by atoms with van der Waals surface area (Å²) in [4.78, 5) is 0. The Kier molecular flexibility index (Phi) is 4.47. The maximum atomic E-state index is 12.9. The third-order valence-corrected chi connectivity index (χ3v) is 3.44. The van der Waals surface area contributed by atoms with Crippen LogP contribution in [0.5, 0.6) is 5.75 Å². The largest absolute Gasteiger partial charge is 0.497 e.